The lowest BCUT2D eigenvalue weighted by molar-refractivity contribution is -0.148. The van der Waals surface area contributed by atoms with Crippen molar-refractivity contribution in [2.24, 2.45) is 5.92 Å². The number of hydrogen-bond donors (Lipinski definition) is 3. The summed E-state index contributed by atoms with van der Waals surface area (Å²) in [4.78, 5) is 47.2. The topological polar surface area (TPSA) is 140 Å². The quantitative estimate of drug-likeness (QED) is 0.345. The molecular weight excluding hydrogens is 396 g/mol. The van der Waals surface area contributed by atoms with Gasteiger partial charge in [-0.05, 0) is 11.5 Å². The molecule has 10 heteroatoms. The van der Waals surface area contributed by atoms with Crippen LogP contribution in [-0.4, -0.2) is 62.0 Å². The van der Waals surface area contributed by atoms with E-state index in [1.807, 2.05) is 18.2 Å². The molecule has 0 bridgehead atoms. The molecule has 1 rings (SSSR count). The Kier molecular flexibility index (Phi) is 10.9. The molecule has 166 valence electrons. The number of carbonyl (C=O) groups excluding carboxylic acids is 4. The molecule has 0 aliphatic carbocycles. The molecule has 1 aromatic rings. The second kappa shape index (κ2) is 13.2. The molecule has 0 radical (unpaired) electrons. The van der Waals surface area contributed by atoms with Crippen molar-refractivity contribution in [3.63, 3.8) is 0 Å². The van der Waals surface area contributed by atoms with Crippen LogP contribution in [0.25, 0.3) is 0 Å². The Bertz CT molecular complexity index is 710. The molecule has 0 heterocycles. The van der Waals surface area contributed by atoms with Crippen molar-refractivity contribution < 1.29 is 38.5 Å². The number of methoxy groups -OCH3 is 2. The van der Waals surface area contributed by atoms with Gasteiger partial charge in [0.2, 0.25) is 5.91 Å². The van der Waals surface area contributed by atoms with Gasteiger partial charge in [0, 0.05) is 6.54 Å². The first-order valence-electron chi connectivity index (χ1n) is 9.33. The van der Waals surface area contributed by atoms with Gasteiger partial charge in [0.1, 0.15) is 12.6 Å². The van der Waals surface area contributed by atoms with E-state index in [1.165, 1.54) is 7.11 Å². The van der Waals surface area contributed by atoms with Crippen LogP contribution in [0.4, 0.5) is 4.79 Å². The highest BCUT2D eigenvalue weighted by Gasteiger charge is 2.30. The fourth-order valence-corrected chi connectivity index (χ4v) is 2.52. The van der Waals surface area contributed by atoms with Crippen LogP contribution in [0.1, 0.15) is 25.3 Å². The van der Waals surface area contributed by atoms with E-state index in [-0.39, 0.29) is 26.0 Å². The van der Waals surface area contributed by atoms with Gasteiger partial charge in [-0.25, -0.2) is 9.59 Å². The molecule has 0 unspecified atom stereocenters. The van der Waals surface area contributed by atoms with Crippen molar-refractivity contribution in [1.82, 2.24) is 10.6 Å². The van der Waals surface area contributed by atoms with Crippen molar-refractivity contribution in [2.75, 3.05) is 20.8 Å². The molecule has 1 aromatic carbocycles. The lowest BCUT2D eigenvalue weighted by Gasteiger charge is -2.22. The standard InChI is InChI=1S/C20H28N2O8/c1-13(9-17(25)28-2)18(19(26)29-3)22-16(24)10-15(23)11-21-20(27)30-12-14-7-5-4-6-8-14/h4-8,13,15,18,23H,9-12H2,1-3H3,(H,21,27)(H,22,24)/t13-,15+,18-/m0/s1. The molecule has 0 aliphatic heterocycles. The van der Waals surface area contributed by atoms with E-state index in [1.54, 1.807) is 19.1 Å². The van der Waals surface area contributed by atoms with Gasteiger partial charge in [0.15, 0.2) is 0 Å². The summed E-state index contributed by atoms with van der Waals surface area (Å²) in [6.07, 6.45) is -2.42. The second-order valence-corrected chi connectivity index (χ2v) is 6.63. The number of aliphatic hydroxyl groups excluding tert-OH is 1. The number of hydrogen-bond acceptors (Lipinski definition) is 8. The Labute approximate surface area is 174 Å². The van der Waals surface area contributed by atoms with E-state index in [0.717, 1.165) is 12.7 Å². The van der Waals surface area contributed by atoms with Crippen LogP contribution in [0, 0.1) is 5.92 Å². The number of aliphatic hydroxyl groups is 1. The number of alkyl carbamates (subject to hydrolysis) is 1. The summed E-state index contributed by atoms with van der Waals surface area (Å²) in [5, 5.41) is 14.8. The van der Waals surface area contributed by atoms with E-state index in [4.69, 9.17) is 4.74 Å². The smallest absolute Gasteiger partial charge is 0.407 e. The average Bonchev–Trinajstić information content (AvgIpc) is 2.74. The van der Waals surface area contributed by atoms with Crippen LogP contribution in [0.5, 0.6) is 0 Å². The van der Waals surface area contributed by atoms with Crippen molar-refractivity contribution in [1.29, 1.82) is 0 Å². The zero-order chi connectivity index (χ0) is 22.5. The van der Waals surface area contributed by atoms with Crippen molar-refractivity contribution in [3.05, 3.63) is 35.9 Å². The maximum atomic E-state index is 12.2. The highest BCUT2D eigenvalue weighted by atomic mass is 16.5. The van der Waals surface area contributed by atoms with E-state index in [2.05, 4.69) is 20.1 Å². The molecular formula is C20H28N2O8. The van der Waals surface area contributed by atoms with Crippen LogP contribution in [-0.2, 0) is 35.2 Å². The Morgan fingerprint density at radius 2 is 1.70 bits per heavy atom. The molecule has 10 nitrogen and oxygen atoms in total. The van der Waals surface area contributed by atoms with Crippen LogP contribution in [0.2, 0.25) is 0 Å². The molecule has 0 saturated carbocycles. The molecule has 2 amide bonds. The van der Waals surface area contributed by atoms with Gasteiger partial charge in [0.05, 0.1) is 33.2 Å². The summed E-state index contributed by atoms with van der Waals surface area (Å²) in [5.74, 6) is -2.49. The van der Waals surface area contributed by atoms with Gasteiger partial charge >= 0.3 is 18.0 Å². The maximum Gasteiger partial charge on any atom is 0.407 e. The fourth-order valence-electron chi connectivity index (χ4n) is 2.52. The second-order valence-electron chi connectivity index (χ2n) is 6.63. The predicted molar refractivity (Wildman–Crippen MR) is 105 cm³/mol. The van der Waals surface area contributed by atoms with Crippen molar-refractivity contribution in [2.45, 2.75) is 38.5 Å². The van der Waals surface area contributed by atoms with Gasteiger partial charge in [0.25, 0.3) is 0 Å². The minimum Gasteiger partial charge on any atom is -0.469 e. The molecule has 3 atom stereocenters. The van der Waals surface area contributed by atoms with Gasteiger partial charge in [-0.15, -0.1) is 0 Å². The summed E-state index contributed by atoms with van der Waals surface area (Å²) in [6.45, 7) is 1.43. The summed E-state index contributed by atoms with van der Waals surface area (Å²) >= 11 is 0. The average molecular weight is 424 g/mol. The minimum absolute atomic E-state index is 0.0716. The summed E-state index contributed by atoms with van der Waals surface area (Å²) in [7, 11) is 2.38. The third-order valence-electron chi connectivity index (χ3n) is 4.17. The van der Waals surface area contributed by atoms with E-state index in [0.29, 0.717) is 0 Å². The monoisotopic (exact) mass is 424 g/mol. The highest BCUT2D eigenvalue weighted by molar-refractivity contribution is 5.85. The van der Waals surface area contributed by atoms with Gasteiger partial charge in [-0.2, -0.15) is 0 Å². The Hall–Kier alpha value is -3.14. The zero-order valence-electron chi connectivity index (χ0n) is 17.3. The third-order valence-corrected chi connectivity index (χ3v) is 4.17. The van der Waals surface area contributed by atoms with E-state index >= 15 is 0 Å². The van der Waals surface area contributed by atoms with Gasteiger partial charge < -0.3 is 30.0 Å². The van der Waals surface area contributed by atoms with Gasteiger partial charge in [-0.1, -0.05) is 37.3 Å². The zero-order valence-corrected chi connectivity index (χ0v) is 17.3. The van der Waals surface area contributed by atoms with Crippen molar-refractivity contribution >= 4 is 23.9 Å². The molecule has 0 fully saturated rings. The molecule has 0 aromatic heterocycles. The molecule has 30 heavy (non-hydrogen) atoms. The first-order valence-corrected chi connectivity index (χ1v) is 9.33. The molecule has 0 spiro atoms. The Balaban J connectivity index is 2.43. The maximum absolute atomic E-state index is 12.2. The number of carbonyl (C=O) groups is 4. The van der Waals surface area contributed by atoms with Crippen LogP contribution in [0.3, 0.4) is 0 Å². The molecule has 0 aliphatic rings. The van der Waals surface area contributed by atoms with Crippen LogP contribution < -0.4 is 10.6 Å². The van der Waals surface area contributed by atoms with E-state index < -0.39 is 42.0 Å². The largest absolute Gasteiger partial charge is 0.469 e. The Morgan fingerprint density at radius 3 is 2.30 bits per heavy atom. The van der Waals surface area contributed by atoms with Crippen molar-refractivity contribution in [3.8, 4) is 0 Å². The minimum atomic E-state index is -1.21. The summed E-state index contributed by atoms with van der Waals surface area (Å²) < 4.78 is 14.2. The number of benzene rings is 1. The number of amides is 2. The normalized spacial score (nSPS) is 13.3. The lowest BCUT2D eigenvalue weighted by atomic mass is 9.98. The first-order chi connectivity index (χ1) is 14.3. The molecule has 0 saturated heterocycles. The third kappa shape index (κ3) is 9.37. The van der Waals surface area contributed by atoms with Crippen LogP contribution >= 0.6 is 0 Å². The van der Waals surface area contributed by atoms with Crippen LogP contribution in [0.15, 0.2) is 30.3 Å². The summed E-state index contributed by atoms with van der Waals surface area (Å²) in [5.41, 5.74) is 0.808. The predicted octanol–water partition coefficient (Wildman–Crippen LogP) is 0.521. The number of nitrogens with one attached hydrogen (secondary N) is 2. The molecule has 3 N–H and O–H groups in total. The number of rotatable bonds is 11. The highest BCUT2D eigenvalue weighted by Crippen LogP contribution is 2.11. The first kappa shape index (κ1) is 24.9. The fraction of sp³-hybridized carbons (Fsp3) is 0.500. The lowest BCUT2D eigenvalue weighted by Crippen LogP contribution is -2.47. The SMILES string of the molecule is COC(=O)C[C@H](C)[C@H](NC(=O)C[C@@H](O)CNC(=O)OCc1ccccc1)C(=O)OC. The Morgan fingerprint density at radius 1 is 1.03 bits per heavy atom. The van der Waals surface area contributed by atoms with Gasteiger partial charge in [-0.3, -0.25) is 9.59 Å². The van der Waals surface area contributed by atoms with E-state index in [9.17, 15) is 24.3 Å². The number of esters is 2. The number of ether oxygens (including phenoxy) is 3. The summed E-state index contributed by atoms with van der Waals surface area (Å²) in [6, 6.07) is 7.97.